The summed E-state index contributed by atoms with van der Waals surface area (Å²) in [6, 6.07) is 3.67. The summed E-state index contributed by atoms with van der Waals surface area (Å²) >= 11 is 2.84. The number of halogens is 3. The van der Waals surface area contributed by atoms with E-state index in [0.29, 0.717) is 21.6 Å². The predicted molar refractivity (Wildman–Crippen MR) is 73.7 cm³/mol. The topological polar surface area (TPSA) is 28.8 Å². The van der Waals surface area contributed by atoms with E-state index in [-0.39, 0.29) is 0 Å². The molecule has 0 bridgehead atoms. The number of hydrogen-bond donors (Lipinski definition) is 1. The summed E-state index contributed by atoms with van der Waals surface area (Å²) in [6.07, 6.45) is -4.33. The van der Waals surface area contributed by atoms with Gasteiger partial charge in [0.25, 0.3) is 0 Å². The van der Waals surface area contributed by atoms with E-state index in [1.807, 2.05) is 0 Å². The largest absolute Gasteiger partial charge is 0.416 e. The van der Waals surface area contributed by atoms with Crippen LogP contribution in [0.4, 0.5) is 13.2 Å². The number of aryl methyl sites for hydroxylation is 1. The Labute approximate surface area is 116 Å². The zero-order chi connectivity index (χ0) is 14.0. The van der Waals surface area contributed by atoms with Crippen molar-refractivity contribution in [2.24, 2.45) is 0 Å². The number of nitrogens with one attached hydrogen (secondary N) is 1. The molecule has 7 heteroatoms. The first-order valence-electron chi connectivity index (χ1n) is 5.76. The summed E-state index contributed by atoms with van der Waals surface area (Å²) in [5, 5.41) is 7.85. The standard InChI is InChI=1S/C12H13F3N2S2/c1-2-18-6-5-17-9-4-3-8(12(13,14)15)7-10(9)19-11(17)16/h3-4,7,16H,2,5-6H2,1H3. The molecular formula is C12H13F3N2S2. The minimum absolute atomic E-state index is 0.297. The highest BCUT2D eigenvalue weighted by Crippen LogP contribution is 2.32. The van der Waals surface area contributed by atoms with Crippen LogP contribution in [0, 0.1) is 5.41 Å². The van der Waals surface area contributed by atoms with Crippen LogP contribution in [-0.2, 0) is 12.7 Å². The molecule has 0 unspecified atom stereocenters. The average molecular weight is 306 g/mol. The maximum atomic E-state index is 12.6. The summed E-state index contributed by atoms with van der Waals surface area (Å²) in [4.78, 5) is 0.297. The molecule has 0 amide bonds. The van der Waals surface area contributed by atoms with Crippen molar-refractivity contribution in [3.63, 3.8) is 0 Å². The van der Waals surface area contributed by atoms with Crippen LogP contribution in [0.25, 0.3) is 10.2 Å². The molecule has 0 aliphatic rings. The van der Waals surface area contributed by atoms with Gasteiger partial charge in [0.1, 0.15) is 0 Å². The van der Waals surface area contributed by atoms with Crippen molar-refractivity contribution in [1.82, 2.24) is 4.57 Å². The lowest BCUT2D eigenvalue weighted by atomic mass is 10.2. The Balaban J connectivity index is 2.40. The average Bonchev–Trinajstić information content (AvgIpc) is 2.64. The zero-order valence-corrected chi connectivity index (χ0v) is 11.9. The van der Waals surface area contributed by atoms with Gasteiger partial charge < -0.3 is 4.57 Å². The lowest BCUT2D eigenvalue weighted by Crippen LogP contribution is -2.14. The van der Waals surface area contributed by atoms with Crippen LogP contribution in [0.3, 0.4) is 0 Å². The van der Waals surface area contributed by atoms with Gasteiger partial charge in [0, 0.05) is 12.3 Å². The second-order valence-electron chi connectivity index (χ2n) is 3.94. The molecule has 2 aromatic rings. The van der Waals surface area contributed by atoms with E-state index in [4.69, 9.17) is 5.41 Å². The zero-order valence-electron chi connectivity index (χ0n) is 10.3. The van der Waals surface area contributed by atoms with Crippen LogP contribution >= 0.6 is 23.1 Å². The number of alkyl halides is 3. The van der Waals surface area contributed by atoms with Crippen LogP contribution in [0.5, 0.6) is 0 Å². The Bertz CT molecular complexity index is 628. The van der Waals surface area contributed by atoms with Crippen LogP contribution in [-0.4, -0.2) is 16.1 Å². The van der Waals surface area contributed by atoms with Crippen molar-refractivity contribution in [3.05, 3.63) is 28.6 Å². The Kier molecular flexibility index (Phi) is 4.25. The van der Waals surface area contributed by atoms with Crippen molar-refractivity contribution in [1.29, 1.82) is 5.41 Å². The number of thioether (sulfide) groups is 1. The van der Waals surface area contributed by atoms with Gasteiger partial charge in [-0.2, -0.15) is 24.9 Å². The molecule has 0 radical (unpaired) electrons. The van der Waals surface area contributed by atoms with Gasteiger partial charge >= 0.3 is 6.18 Å². The Morgan fingerprint density at radius 3 is 2.74 bits per heavy atom. The molecule has 0 saturated heterocycles. The van der Waals surface area contributed by atoms with Crippen LogP contribution in [0.2, 0.25) is 0 Å². The molecule has 0 fully saturated rings. The van der Waals surface area contributed by atoms with E-state index in [1.165, 1.54) is 6.07 Å². The quantitative estimate of drug-likeness (QED) is 0.851. The first-order chi connectivity index (χ1) is 8.93. The molecule has 19 heavy (non-hydrogen) atoms. The molecule has 2 rings (SSSR count). The van der Waals surface area contributed by atoms with E-state index in [0.717, 1.165) is 35.0 Å². The smallest absolute Gasteiger partial charge is 0.316 e. The SMILES string of the molecule is CCSCCn1c(=N)sc2cc(C(F)(F)F)ccc21. The lowest BCUT2D eigenvalue weighted by molar-refractivity contribution is -0.137. The van der Waals surface area contributed by atoms with E-state index in [9.17, 15) is 13.2 Å². The fourth-order valence-electron chi connectivity index (χ4n) is 1.79. The van der Waals surface area contributed by atoms with Gasteiger partial charge in [-0.05, 0) is 24.0 Å². The number of aromatic nitrogens is 1. The van der Waals surface area contributed by atoms with Gasteiger partial charge in [-0.3, -0.25) is 5.41 Å². The van der Waals surface area contributed by atoms with Gasteiger partial charge in [-0.1, -0.05) is 18.3 Å². The molecule has 0 aliphatic carbocycles. The fourth-order valence-corrected chi connectivity index (χ4v) is 3.36. The van der Waals surface area contributed by atoms with Crippen LogP contribution in [0.1, 0.15) is 12.5 Å². The molecule has 0 aliphatic heterocycles. The molecular weight excluding hydrogens is 293 g/mol. The highest BCUT2D eigenvalue weighted by Gasteiger charge is 2.30. The number of benzene rings is 1. The summed E-state index contributed by atoms with van der Waals surface area (Å²) < 4.78 is 40.1. The minimum Gasteiger partial charge on any atom is -0.316 e. The van der Waals surface area contributed by atoms with Crippen LogP contribution < -0.4 is 4.80 Å². The first-order valence-corrected chi connectivity index (χ1v) is 7.73. The van der Waals surface area contributed by atoms with E-state index >= 15 is 0 Å². The van der Waals surface area contributed by atoms with Crippen molar-refractivity contribution in [3.8, 4) is 0 Å². The fraction of sp³-hybridized carbons (Fsp3) is 0.417. The highest BCUT2D eigenvalue weighted by molar-refractivity contribution is 7.99. The van der Waals surface area contributed by atoms with Crippen LogP contribution in [0.15, 0.2) is 18.2 Å². The molecule has 1 aromatic carbocycles. The number of hydrogen-bond acceptors (Lipinski definition) is 3. The monoisotopic (exact) mass is 306 g/mol. The van der Waals surface area contributed by atoms with Crippen molar-refractivity contribution in [2.45, 2.75) is 19.6 Å². The summed E-state index contributed by atoms with van der Waals surface area (Å²) in [7, 11) is 0. The molecule has 0 saturated carbocycles. The second-order valence-corrected chi connectivity index (χ2v) is 6.36. The van der Waals surface area contributed by atoms with E-state index < -0.39 is 11.7 Å². The Hall–Kier alpha value is -0.950. The number of nitrogens with zero attached hydrogens (tertiary/aromatic N) is 1. The lowest BCUT2D eigenvalue weighted by Gasteiger charge is -2.07. The van der Waals surface area contributed by atoms with E-state index in [1.54, 1.807) is 16.3 Å². The van der Waals surface area contributed by atoms with Gasteiger partial charge in [-0.25, -0.2) is 0 Å². The number of rotatable bonds is 4. The molecule has 0 atom stereocenters. The van der Waals surface area contributed by atoms with Gasteiger partial charge in [0.15, 0.2) is 4.80 Å². The number of thiazole rings is 1. The van der Waals surface area contributed by atoms with Crippen molar-refractivity contribution in [2.75, 3.05) is 11.5 Å². The van der Waals surface area contributed by atoms with Crippen molar-refractivity contribution >= 4 is 33.3 Å². The second kappa shape index (κ2) is 5.58. The molecule has 1 heterocycles. The van der Waals surface area contributed by atoms with Crippen molar-refractivity contribution < 1.29 is 13.2 Å². The third kappa shape index (κ3) is 3.14. The predicted octanol–water partition coefficient (Wildman–Crippen LogP) is 3.95. The molecule has 1 N–H and O–H groups in total. The summed E-state index contributed by atoms with van der Waals surface area (Å²) in [6.45, 7) is 2.71. The maximum absolute atomic E-state index is 12.6. The minimum atomic E-state index is -4.33. The number of fused-ring (bicyclic) bond motifs is 1. The first kappa shape index (κ1) is 14.5. The van der Waals surface area contributed by atoms with Gasteiger partial charge in [0.2, 0.25) is 0 Å². The Morgan fingerprint density at radius 2 is 2.11 bits per heavy atom. The summed E-state index contributed by atoms with van der Waals surface area (Å²) in [5.41, 5.74) is 0.0519. The highest BCUT2D eigenvalue weighted by atomic mass is 32.2. The molecule has 1 aromatic heterocycles. The normalized spacial score (nSPS) is 12.2. The van der Waals surface area contributed by atoms with E-state index in [2.05, 4.69) is 6.92 Å². The third-order valence-corrected chi connectivity index (χ3v) is 4.53. The van der Waals surface area contributed by atoms with Gasteiger partial charge in [-0.15, -0.1) is 0 Å². The summed E-state index contributed by atoms with van der Waals surface area (Å²) in [5.74, 6) is 1.86. The Morgan fingerprint density at radius 1 is 1.37 bits per heavy atom. The maximum Gasteiger partial charge on any atom is 0.416 e. The third-order valence-electron chi connectivity index (χ3n) is 2.69. The molecule has 2 nitrogen and oxygen atoms in total. The molecule has 104 valence electrons. The molecule has 0 spiro atoms. The van der Waals surface area contributed by atoms with Gasteiger partial charge in [0.05, 0.1) is 15.8 Å².